The van der Waals surface area contributed by atoms with Crippen molar-refractivity contribution in [2.24, 2.45) is 0 Å². The van der Waals surface area contributed by atoms with Crippen molar-refractivity contribution in [3.8, 4) is 0 Å². The lowest BCUT2D eigenvalue weighted by molar-refractivity contribution is -0.156. The van der Waals surface area contributed by atoms with Crippen molar-refractivity contribution in [2.75, 3.05) is 41.3 Å². The van der Waals surface area contributed by atoms with E-state index in [1.807, 2.05) is 68.8 Å². The molecule has 3 saturated heterocycles. The van der Waals surface area contributed by atoms with E-state index in [-0.39, 0.29) is 24.4 Å². The minimum absolute atomic E-state index is 0.0116. The third-order valence-corrected chi connectivity index (χ3v) is 9.99. The summed E-state index contributed by atoms with van der Waals surface area (Å²) in [5, 5.41) is 10.7. The summed E-state index contributed by atoms with van der Waals surface area (Å²) in [6.07, 6.45) is 5.20. The van der Waals surface area contributed by atoms with Crippen LogP contribution < -0.4 is 4.72 Å². The monoisotopic (exact) mass is 598 g/mol. The molecule has 42 heavy (non-hydrogen) atoms. The second kappa shape index (κ2) is 12.8. The Hall–Kier alpha value is -2.80. The number of hydrogen-bond acceptors (Lipinski definition) is 8. The molecule has 2 bridgehead atoms. The molecule has 6 atom stereocenters. The summed E-state index contributed by atoms with van der Waals surface area (Å²) in [6, 6.07) is 15.8. The summed E-state index contributed by atoms with van der Waals surface area (Å²) in [6.45, 7) is 0.739. The number of fused-ring (bicyclic) bond motifs is 6. The molecular weight excluding hydrogens is 556 g/mol. The number of carbonyl (C=O) groups excluding carboxylic acids is 1. The fourth-order valence-electron chi connectivity index (χ4n) is 6.20. The van der Waals surface area contributed by atoms with Crippen molar-refractivity contribution in [1.29, 1.82) is 0 Å². The molecule has 0 saturated carbocycles. The smallest absolute Gasteiger partial charge is 0.316 e. The van der Waals surface area contributed by atoms with Gasteiger partial charge in [0.25, 0.3) is 0 Å². The van der Waals surface area contributed by atoms with Gasteiger partial charge in [0, 0.05) is 48.6 Å². The summed E-state index contributed by atoms with van der Waals surface area (Å²) in [7, 11) is 4.42. The number of sulfonamides is 1. The fourth-order valence-corrected chi connectivity index (χ4v) is 6.97. The van der Waals surface area contributed by atoms with E-state index < -0.39 is 15.9 Å². The van der Waals surface area contributed by atoms with Crippen LogP contribution >= 0.6 is 0 Å². The molecule has 1 unspecified atom stereocenters. The highest BCUT2D eigenvalue weighted by Crippen LogP contribution is 2.48. The van der Waals surface area contributed by atoms with Crippen LogP contribution in [0.1, 0.15) is 35.4 Å². The van der Waals surface area contributed by atoms with Crippen LogP contribution in [0, 0.1) is 0 Å². The van der Waals surface area contributed by atoms with Gasteiger partial charge in [-0.15, -0.1) is 0 Å². The number of hydrogen-bond donors (Lipinski definition) is 3. The largest absolute Gasteiger partial charge is 0.462 e. The van der Waals surface area contributed by atoms with Crippen LogP contribution in [0.15, 0.2) is 54.7 Å². The Balaban J connectivity index is 0.000000169. The quantitative estimate of drug-likeness (QED) is 0.240. The number of nitrogens with zero attached hydrogens (tertiary/aromatic N) is 2. The van der Waals surface area contributed by atoms with Crippen LogP contribution in [0.4, 0.5) is 0 Å². The van der Waals surface area contributed by atoms with Crippen LogP contribution in [-0.2, 0) is 36.5 Å². The van der Waals surface area contributed by atoms with Crippen LogP contribution in [-0.4, -0.2) is 106 Å². The SMILES string of the molecule is CN1[C@@H]2CC(OC(=O)[C@H](CO)c3ccccc3)C[C@H]1[C@@H]1O[C@@H]12.CNS(=O)(=O)Cc1ccc2[nH]cc(CCN(C)C)c2c1. The number of epoxide rings is 1. The Morgan fingerprint density at radius 1 is 1.17 bits per heavy atom. The molecule has 1 aromatic heterocycles. The molecule has 3 aliphatic heterocycles. The van der Waals surface area contributed by atoms with Crippen molar-refractivity contribution in [3.05, 3.63) is 71.4 Å². The molecule has 0 radical (unpaired) electrons. The van der Waals surface area contributed by atoms with Crippen molar-refractivity contribution >= 4 is 26.9 Å². The molecule has 10 nitrogen and oxygen atoms in total. The first-order valence-corrected chi connectivity index (χ1v) is 16.1. The molecule has 0 amide bonds. The molecule has 6 rings (SSSR count). The summed E-state index contributed by atoms with van der Waals surface area (Å²) < 4.78 is 37.0. The van der Waals surface area contributed by atoms with E-state index in [9.17, 15) is 18.3 Å². The van der Waals surface area contributed by atoms with Gasteiger partial charge in [-0.05, 0) is 63.4 Å². The lowest BCUT2D eigenvalue weighted by Crippen LogP contribution is -2.48. The molecule has 228 valence electrons. The maximum absolute atomic E-state index is 12.4. The van der Waals surface area contributed by atoms with Gasteiger partial charge in [0.05, 0.1) is 12.4 Å². The first-order chi connectivity index (χ1) is 20.1. The molecule has 0 spiro atoms. The topological polar surface area (TPSA) is 127 Å². The Labute approximate surface area is 248 Å². The number of rotatable bonds is 10. The summed E-state index contributed by atoms with van der Waals surface area (Å²) in [5.74, 6) is -0.904. The normalized spacial score (nSPS) is 25.5. The number of likely N-dealkylation sites (N-methyl/N-ethyl adjacent to an activating group) is 2. The number of H-pyrrole nitrogens is 1. The summed E-state index contributed by atoms with van der Waals surface area (Å²) >= 11 is 0. The standard InChI is InChI=1S/C17H21NO4.C14H21N3O2S/c1-18-13-7-11(8-14(18)16-15(13)22-16)21-17(20)12(9-19)10-5-3-2-4-6-10;1-15-20(18,19)10-11-4-5-14-13(8-11)12(9-16-14)6-7-17(2)3/h2-6,11-16,19H,7-9H2,1H3;4-5,8-9,15-16H,6-7,10H2,1-3H3/t11?,12-,13-,14+,15-,16+;/m1./s1. The fraction of sp³-hybridized carbons (Fsp3) is 0.516. The van der Waals surface area contributed by atoms with Crippen molar-refractivity contribution in [3.63, 3.8) is 0 Å². The van der Waals surface area contributed by atoms with Crippen LogP contribution in [0.3, 0.4) is 0 Å². The highest BCUT2D eigenvalue weighted by atomic mass is 32.2. The van der Waals surface area contributed by atoms with Gasteiger partial charge in [-0.2, -0.15) is 0 Å². The van der Waals surface area contributed by atoms with E-state index in [0.717, 1.165) is 47.8 Å². The van der Waals surface area contributed by atoms with E-state index >= 15 is 0 Å². The van der Waals surface area contributed by atoms with Crippen LogP contribution in [0.5, 0.6) is 0 Å². The average Bonchev–Trinajstić information content (AvgIpc) is 3.62. The Morgan fingerprint density at radius 2 is 1.86 bits per heavy atom. The summed E-state index contributed by atoms with van der Waals surface area (Å²) in [4.78, 5) is 20.2. The lowest BCUT2D eigenvalue weighted by atomic mass is 9.97. The van der Waals surface area contributed by atoms with Crippen LogP contribution in [0.25, 0.3) is 10.9 Å². The van der Waals surface area contributed by atoms with Crippen molar-refractivity contribution < 1.29 is 27.8 Å². The number of aliphatic hydroxyl groups is 1. The van der Waals surface area contributed by atoms with Gasteiger partial charge in [-0.25, -0.2) is 13.1 Å². The predicted octanol–water partition coefficient (Wildman–Crippen LogP) is 2.24. The molecule has 0 aliphatic carbocycles. The van der Waals surface area contributed by atoms with Crippen LogP contribution in [0.2, 0.25) is 0 Å². The van der Waals surface area contributed by atoms with Crippen molar-refractivity contribution in [1.82, 2.24) is 19.5 Å². The molecule has 3 fully saturated rings. The van der Waals surface area contributed by atoms with E-state index in [4.69, 9.17) is 9.47 Å². The first-order valence-electron chi connectivity index (χ1n) is 14.5. The maximum atomic E-state index is 12.4. The first kappa shape index (κ1) is 30.7. The molecular formula is C31H42N4O6S. The molecule has 3 N–H and O–H groups in total. The van der Waals surface area contributed by atoms with E-state index in [1.165, 1.54) is 12.6 Å². The Kier molecular flexibility index (Phi) is 9.36. The van der Waals surface area contributed by atoms with Gasteiger partial charge in [0.1, 0.15) is 24.2 Å². The second-order valence-corrected chi connectivity index (χ2v) is 13.7. The maximum Gasteiger partial charge on any atom is 0.316 e. The third kappa shape index (κ3) is 6.88. The van der Waals surface area contributed by atoms with Gasteiger partial charge in [-0.3, -0.25) is 9.69 Å². The Bertz CT molecular complexity index is 1460. The number of aromatic amines is 1. The minimum Gasteiger partial charge on any atom is -0.462 e. The number of esters is 1. The number of nitrogens with one attached hydrogen (secondary N) is 2. The molecule has 3 aromatic rings. The highest BCUT2D eigenvalue weighted by Gasteiger charge is 2.62. The lowest BCUT2D eigenvalue weighted by Gasteiger charge is -2.38. The number of piperidine rings is 1. The van der Waals surface area contributed by atoms with Crippen molar-refractivity contribution in [2.45, 2.75) is 61.3 Å². The van der Waals surface area contributed by atoms with Gasteiger partial charge in [-0.1, -0.05) is 36.4 Å². The Morgan fingerprint density at radius 3 is 2.48 bits per heavy atom. The predicted molar refractivity (Wildman–Crippen MR) is 162 cm³/mol. The van der Waals surface area contributed by atoms with E-state index in [1.54, 1.807) is 0 Å². The number of aromatic nitrogens is 1. The van der Waals surface area contributed by atoms with Gasteiger partial charge in [0.15, 0.2) is 0 Å². The van der Waals surface area contributed by atoms with Gasteiger partial charge in [0.2, 0.25) is 10.0 Å². The second-order valence-electron chi connectivity index (χ2n) is 11.8. The van der Waals surface area contributed by atoms with Gasteiger partial charge < -0.3 is 24.5 Å². The number of carbonyl (C=O) groups is 1. The molecule has 4 heterocycles. The number of aliphatic hydroxyl groups excluding tert-OH is 1. The molecule has 3 aliphatic rings. The van der Waals surface area contributed by atoms with E-state index in [0.29, 0.717) is 24.3 Å². The zero-order valence-electron chi connectivity index (χ0n) is 24.7. The molecule has 2 aromatic carbocycles. The van der Waals surface area contributed by atoms with E-state index in [2.05, 4.69) is 26.6 Å². The minimum atomic E-state index is -3.23. The number of benzene rings is 2. The summed E-state index contributed by atoms with van der Waals surface area (Å²) in [5.41, 5.74) is 3.87. The van der Waals surface area contributed by atoms with Gasteiger partial charge >= 0.3 is 5.97 Å². The highest BCUT2D eigenvalue weighted by molar-refractivity contribution is 7.88. The third-order valence-electron chi connectivity index (χ3n) is 8.65. The average molecular weight is 599 g/mol. The number of morpholine rings is 1. The zero-order chi connectivity index (χ0) is 30.0. The zero-order valence-corrected chi connectivity index (χ0v) is 25.5. The molecule has 11 heteroatoms. The number of ether oxygens (including phenoxy) is 2.